The van der Waals surface area contributed by atoms with Gasteiger partial charge in [0.15, 0.2) is 6.04 Å². The zero-order chi connectivity index (χ0) is 29.5. The third kappa shape index (κ3) is 6.64. The van der Waals surface area contributed by atoms with Crippen molar-refractivity contribution in [3.63, 3.8) is 0 Å². The van der Waals surface area contributed by atoms with Crippen LogP contribution in [0.2, 0.25) is 0 Å². The van der Waals surface area contributed by atoms with Crippen LogP contribution in [0.4, 0.5) is 4.79 Å². The van der Waals surface area contributed by atoms with Gasteiger partial charge in [0, 0.05) is 17.7 Å². The number of carboxylic acid groups (broad SMARTS) is 1. The second-order valence-corrected chi connectivity index (χ2v) is 10.0. The Balaban J connectivity index is 1.14. The minimum absolute atomic E-state index is 0.0245. The first-order valence-electron chi connectivity index (χ1n) is 13.6. The first-order chi connectivity index (χ1) is 20.4. The van der Waals surface area contributed by atoms with Gasteiger partial charge in [-0.15, -0.1) is 0 Å². The van der Waals surface area contributed by atoms with E-state index in [1.54, 1.807) is 6.92 Å². The number of aliphatic carboxylic acids is 1. The molecule has 0 fully saturated rings. The molecule has 2 atom stereocenters. The van der Waals surface area contributed by atoms with Crippen molar-refractivity contribution in [3.05, 3.63) is 125 Å². The molecule has 0 bridgehead atoms. The molecule has 0 spiro atoms. The summed E-state index contributed by atoms with van der Waals surface area (Å²) in [6.07, 6.45) is 0.0291. The number of hydrogen-bond donors (Lipinski definition) is 3. The number of nitrogens with one attached hydrogen (secondary N) is 2. The molecule has 9 nitrogen and oxygen atoms in total. The molecule has 5 rings (SSSR count). The molecule has 4 aromatic rings. The number of aromatic nitrogens is 1. The van der Waals surface area contributed by atoms with E-state index in [0.29, 0.717) is 5.69 Å². The van der Waals surface area contributed by atoms with Crippen LogP contribution in [0.3, 0.4) is 0 Å². The summed E-state index contributed by atoms with van der Waals surface area (Å²) in [6, 6.07) is 27.2. The van der Waals surface area contributed by atoms with Crippen molar-refractivity contribution in [1.82, 2.24) is 15.6 Å². The Morgan fingerprint density at radius 2 is 1.55 bits per heavy atom. The van der Waals surface area contributed by atoms with Gasteiger partial charge in [-0.25, -0.2) is 9.59 Å². The molecule has 2 amide bonds. The van der Waals surface area contributed by atoms with Crippen LogP contribution in [0.1, 0.15) is 45.6 Å². The van der Waals surface area contributed by atoms with E-state index in [0.717, 1.165) is 27.8 Å². The summed E-state index contributed by atoms with van der Waals surface area (Å²) in [6.45, 7) is 2.01. The van der Waals surface area contributed by atoms with Crippen molar-refractivity contribution in [3.8, 4) is 11.1 Å². The highest BCUT2D eigenvalue weighted by Crippen LogP contribution is 2.44. The number of carbonyl (C=O) groups excluding carboxylic acids is 2. The maximum Gasteiger partial charge on any atom is 0.407 e. The SMILES string of the molecule is C[C@H](OCc1ccccc1)[C@@H](NC(=O)c1ccnc(CNC(=O)OCC2c3ccccc3-c3ccccc32)c1)C(=O)O. The van der Waals surface area contributed by atoms with Crippen LogP contribution in [0, 0.1) is 0 Å². The molecule has 9 heteroatoms. The number of benzene rings is 3. The van der Waals surface area contributed by atoms with Crippen molar-refractivity contribution in [1.29, 1.82) is 0 Å². The molecule has 1 heterocycles. The normalized spacial score (nSPS) is 13.4. The molecule has 0 aliphatic heterocycles. The fourth-order valence-electron chi connectivity index (χ4n) is 5.03. The molecule has 1 aliphatic rings. The third-order valence-electron chi connectivity index (χ3n) is 7.21. The van der Waals surface area contributed by atoms with Gasteiger partial charge in [-0.3, -0.25) is 9.78 Å². The van der Waals surface area contributed by atoms with Gasteiger partial charge in [-0.2, -0.15) is 0 Å². The molecule has 0 radical (unpaired) electrons. The minimum atomic E-state index is -1.27. The van der Waals surface area contributed by atoms with Crippen LogP contribution in [-0.2, 0) is 27.4 Å². The van der Waals surface area contributed by atoms with E-state index in [-0.39, 0.29) is 31.2 Å². The van der Waals surface area contributed by atoms with E-state index < -0.39 is 30.1 Å². The quantitative estimate of drug-likeness (QED) is 0.236. The zero-order valence-corrected chi connectivity index (χ0v) is 23.0. The molecule has 214 valence electrons. The number of ether oxygens (including phenoxy) is 2. The Hall–Kier alpha value is -5.02. The summed E-state index contributed by atoms with van der Waals surface area (Å²) < 4.78 is 11.3. The third-order valence-corrected chi connectivity index (χ3v) is 7.21. The van der Waals surface area contributed by atoms with Gasteiger partial charge < -0.3 is 25.2 Å². The van der Waals surface area contributed by atoms with E-state index in [4.69, 9.17) is 9.47 Å². The predicted molar refractivity (Wildman–Crippen MR) is 156 cm³/mol. The van der Waals surface area contributed by atoms with Crippen molar-refractivity contribution in [2.45, 2.75) is 38.1 Å². The van der Waals surface area contributed by atoms with Crippen LogP contribution < -0.4 is 10.6 Å². The van der Waals surface area contributed by atoms with E-state index in [2.05, 4.69) is 27.8 Å². The Morgan fingerprint density at radius 3 is 2.21 bits per heavy atom. The van der Waals surface area contributed by atoms with Gasteiger partial charge in [0.1, 0.15) is 6.61 Å². The Morgan fingerprint density at radius 1 is 0.905 bits per heavy atom. The first kappa shape index (κ1) is 28.5. The first-order valence-corrected chi connectivity index (χ1v) is 13.6. The largest absolute Gasteiger partial charge is 0.480 e. The number of hydrogen-bond acceptors (Lipinski definition) is 6. The number of fused-ring (bicyclic) bond motifs is 3. The second-order valence-electron chi connectivity index (χ2n) is 10.0. The Kier molecular flexibility index (Phi) is 8.89. The Bertz CT molecular complexity index is 1530. The molecule has 1 aromatic heterocycles. The van der Waals surface area contributed by atoms with Crippen molar-refractivity contribution in [2.75, 3.05) is 6.61 Å². The van der Waals surface area contributed by atoms with Gasteiger partial charge in [0.25, 0.3) is 5.91 Å². The van der Waals surface area contributed by atoms with Crippen molar-refractivity contribution >= 4 is 18.0 Å². The minimum Gasteiger partial charge on any atom is -0.480 e. The number of amides is 2. The average molecular weight is 566 g/mol. The number of alkyl carbamates (subject to hydrolysis) is 1. The summed E-state index contributed by atoms with van der Waals surface area (Å²) in [5.74, 6) is -1.87. The van der Waals surface area contributed by atoms with Gasteiger partial charge in [0.2, 0.25) is 0 Å². The lowest BCUT2D eigenvalue weighted by Gasteiger charge is -2.22. The lowest BCUT2D eigenvalue weighted by Crippen LogP contribution is -2.48. The van der Waals surface area contributed by atoms with Gasteiger partial charge in [-0.05, 0) is 46.9 Å². The molecular formula is C33H31N3O6. The maximum absolute atomic E-state index is 12.9. The van der Waals surface area contributed by atoms with E-state index in [9.17, 15) is 19.5 Å². The highest BCUT2D eigenvalue weighted by Gasteiger charge is 2.30. The van der Waals surface area contributed by atoms with Crippen molar-refractivity contribution in [2.24, 2.45) is 0 Å². The number of rotatable bonds is 11. The van der Waals surface area contributed by atoms with Crippen LogP contribution in [0.5, 0.6) is 0 Å². The average Bonchev–Trinajstić information content (AvgIpc) is 3.34. The number of pyridine rings is 1. The number of carboxylic acids is 1. The topological polar surface area (TPSA) is 127 Å². The molecule has 0 saturated heterocycles. The highest BCUT2D eigenvalue weighted by atomic mass is 16.5. The lowest BCUT2D eigenvalue weighted by molar-refractivity contribution is -0.143. The van der Waals surface area contributed by atoms with Crippen LogP contribution >= 0.6 is 0 Å². The van der Waals surface area contributed by atoms with E-state index in [1.807, 2.05) is 66.7 Å². The summed E-state index contributed by atoms with van der Waals surface area (Å²) in [5.41, 5.74) is 6.03. The molecule has 1 aliphatic carbocycles. The second kappa shape index (κ2) is 13.1. The van der Waals surface area contributed by atoms with E-state index >= 15 is 0 Å². The van der Waals surface area contributed by atoms with Gasteiger partial charge in [-0.1, -0.05) is 78.9 Å². The molecular weight excluding hydrogens is 534 g/mol. The Labute approximate surface area is 243 Å². The summed E-state index contributed by atoms with van der Waals surface area (Å²) in [7, 11) is 0. The monoisotopic (exact) mass is 565 g/mol. The van der Waals surface area contributed by atoms with Crippen molar-refractivity contribution < 1.29 is 29.0 Å². The highest BCUT2D eigenvalue weighted by molar-refractivity contribution is 5.96. The smallest absolute Gasteiger partial charge is 0.407 e. The molecule has 42 heavy (non-hydrogen) atoms. The summed E-state index contributed by atoms with van der Waals surface area (Å²) in [5, 5.41) is 14.9. The van der Waals surface area contributed by atoms with Gasteiger partial charge >= 0.3 is 12.1 Å². The number of nitrogens with zero attached hydrogens (tertiary/aromatic N) is 1. The van der Waals surface area contributed by atoms with Gasteiger partial charge in [0.05, 0.1) is 24.9 Å². The molecule has 3 aromatic carbocycles. The predicted octanol–water partition coefficient (Wildman–Crippen LogP) is 4.91. The summed E-state index contributed by atoms with van der Waals surface area (Å²) in [4.78, 5) is 41.6. The molecule has 0 unspecified atom stereocenters. The maximum atomic E-state index is 12.9. The van der Waals surface area contributed by atoms with Crippen LogP contribution in [0.15, 0.2) is 97.2 Å². The lowest BCUT2D eigenvalue weighted by atomic mass is 9.98. The zero-order valence-electron chi connectivity index (χ0n) is 23.0. The molecule has 3 N–H and O–H groups in total. The fraction of sp³-hybridized carbons (Fsp3) is 0.212. The van der Waals surface area contributed by atoms with Crippen LogP contribution in [0.25, 0.3) is 11.1 Å². The van der Waals surface area contributed by atoms with Crippen LogP contribution in [-0.4, -0.2) is 46.8 Å². The summed E-state index contributed by atoms with van der Waals surface area (Å²) >= 11 is 0. The number of carbonyl (C=O) groups is 3. The molecule has 0 saturated carbocycles. The van der Waals surface area contributed by atoms with E-state index in [1.165, 1.54) is 18.3 Å². The standard InChI is InChI=1S/C33H31N3O6/c1-21(41-19-22-9-3-2-4-10-22)30(32(38)39)36-31(37)23-15-16-34-24(17-23)18-35-33(40)42-20-29-27-13-7-5-11-25(27)26-12-6-8-14-28(26)29/h2-17,21,29-30H,18-20H2,1H3,(H,35,40)(H,36,37)(H,38,39)/t21-,30+/m0/s1. The fourth-order valence-corrected chi connectivity index (χ4v) is 5.03.